The number of aromatic nitrogens is 2. The van der Waals surface area contributed by atoms with E-state index < -0.39 is 0 Å². The molecule has 0 fully saturated rings. The van der Waals surface area contributed by atoms with Crippen molar-refractivity contribution in [1.82, 2.24) is 9.78 Å². The van der Waals surface area contributed by atoms with Gasteiger partial charge in [-0.15, -0.1) is 0 Å². The number of ether oxygens (including phenoxy) is 1. The summed E-state index contributed by atoms with van der Waals surface area (Å²) in [5.74, 6) is 1.16. The van der Waals surface area contributed by atoms with Crippen LogP contribution in [0.1, 0.15) is 32.8 Å². The first-order valence-electron chi connectivity index (χ1n) is 5.79. The molecule has 0 unspecified atom stereocenters. The normalized spacial score (nSPS) is 11.0. The fourth-order valence-corrected chi connectivity index (χ4v) is 1.30. The molecule has 0 aliphatic rings. The van der Waals surface area contributed by atoms with E-state index in [1.54, 1.807) is 10.9 Å². The minimum Gasteiger partial charge on any atom is -0.483 e. The predicted octanol–water partition coefficient (Wildman–Crippen LogP) is 2.50. The summed E-state index contributed by atoms with van der Waals surface area (Å²) in [6.07, 6.45) is 3.91. The second kappa shape index (κ2) is 6.69. The molecule has 0 aliphatic carbocycles. The zero-order chi connectivity index (χ0) is 12.7. The third-order valence-electron chi connectivity index (χ3n) is 2.27. The molecule has 0 bridgehead atoms. The van der Waals surface area contributed by atoms with E-state index in [4.69, 9.17) is 10.00 Å². The van der Waals surface area contributed by atoms with Gasteiger partial charge in [-0.25, -0.2) is 4.68 Å². The van der Waals surface area contributed by atoms with E-state index in [9.17, 15) is 0 Å². The second-order valence-corrected chi connectivity index (χ2v) is 4.09. The average Bonchev–Trinajstić information content (AvgIpc) is 2.69. The SMILES string of the molecule is CCO/C=N/c1c(C#N)cnn1CCC(C)C. The fraction of sp³-hybridized carbons (Fsp3) is 0.583. The number of hydrogen-bond acceptors (Lipinski definition) is 4. The van der Waals surface area contributed by atoms with E-state index in [0.29, 0.717) is 23.9 Å². The van der Waals surface area contributed by atoms with E-state index in [-0.39, 0.29) is 0 Å². The number of nitrogens with zero attached hydrogens (tertiary/aromatic N) is 4. The summed E-state index contributed by atoms with van der Waals surface area (Å²) < 4.78 is 6.79. The Balaban J connectivity index is 2.83. The van der Waals surface area contributed by atoms with Crippen LogP contribution in [0.4, 0.5) is 5.82 Å². The van der Waals surface area contributed by atoms with E-state index >= 15 is 0 Å². The standard InChI is InChI=1S/C12H18N4O/c1-4-17-9-14-12-11(7-13)8-15-16(12)6-5-10(2)3/h8-10H,4-6H2,1-3H3/b14-9+. The van der Waals surface area contributed by atoms with Crippen LogP contribution < -0.4 is 0 Å². The van der Waals surface area contributed by atoms with Crippen molar-refractivity contribution in [2.24, 2.45) is 10.9 Å². The second-order valence-electron chi connectivity index (χ2n) is 4.09. The first-order chi connectivity index (χ1) is 8.19. The molecule has 1 aromatic heterocycles. The number of aryl methyl sites for hydroxylation is 1. The molecule has 92 valence electrons. The van der Waals surface area contributed by atoms with Crippen LogP contribution in [0, 0.1) is 17.2 Å². The molecule has 0 radical (unpaired) electrons. The summed E-state index contributed by atoms with van der Waals surface area (Å²) in [7, 11) is 0. The molecule has 0 spiro atoms. The van der Waals surface area contributed by atoms with Crippen molar-refractivity contribution in [1.29, 1.82) is 5.26 Å². The number of nitriles is 1. The van der Waals surface area contributed by atoms with Crippen LogP contribution in [0.15, 0.2) is 11.2 Å². The molecule has 0 atom stereocenters. The van der Waals surface area contributed by atoms with Crippen molar-refractivity contribution in [3.05, 3.63) is 11.8 Å². The Morgan fingerprint density at radius 2 is 2.41 bits per heavy atom. The molecule has 0 aromatic carbocycles. The largest absolute Gasteiger partial charge is 0.483 e. The maximum atomic E-state index is 8.95. The Morgan fingerprint density at radius 1 is 1.65 bits per heavy atom. The van der Waals surface area contributed by atoms with E-state index in [1.807, 2.05) is 6.92 Å². The van der Waals surface area contributed by atoms with Gasteiger partial charge in [0.25, 0.3) is 0 Å². The quantitative estimate of drug-likeness (QED) is 0.561. The van der Waals surface area contributed by atoms with Crippen molar-refractivity contribution in [3.63, 3.8) is 0 Å². The minimum absolute atomic E-state index is 0.477. The molecule has 0 saturated carbocycles. The topological polar surface area (TPSA) is 63.2 Å². The van der Waals surface area contributed by atoms with E-state index in [2.05, 4.69) is 30.0 Å². The lowest BCUT2D eigenvalue weighted by Crippen LogP contribution is -2.03. The lowest BCUT2D eigenvalue weighted by Gasteiger charge is -2.06. The zero-order valence-electron chi connectivity index (χ0n) is 10.6. The van der Waals surface area contributed by atoms with Crippen molar-refractivity contribution in [2.75, 3.05) is 6.61 Å². The Bertz CT molecular complexity index is 415. The van der Waals surface area contributed by atoms with Crippen LogP contribution in [0.25, 0.3) is 0 Å². The van der Waals surface area contributed by atoms with Crippen molar-refractivity contribution < 1.29 is 4.74 Å². The van der Waals surface area contributed by atoms with Gasteiger partial charge in [-0.3, -0.25) is 0 Å². The molecule has 1 aromatic rings. The Labute approximate surface area is 102 Å². The highest BCUT2D eigenvalue weighted by atomic mass is 16.5. The highest BCUT2D eigenvalue weighted by Gasteiger charge is 2.09. The van der Waals surface area contributed by atoms with Crippen LogP contribution in [-0.2, 0) is 11.3 Å². The highest BCUT2D eigenvalue weighted by Crippen LogP contribution is 2.18. The molecule has 17 heavy (non-hydrogen) atoms. The summed E-state index contributed by atoms with van der Waals surface area (Å²) in [5.41, 5.74) is 0.477. The summed E-state index contributed by atoms with van der Waals surface area (Å²) in [6.45, 7) is 7.51. The minimum atomic E-state index is 0.477. The van der Waals surface area contributed by atoms with Gasteiger partial charge in [0.2, 0.25) is 0 Å². The fourth-order valence-electron chi connectivity index (χ4n) is 1.30. The number of rotatable bonds is 6. The number of hydrogen-bond donors (Lipinski definition) is 0. The van der Waals surface area contributed by atoms with Crippen LogP contribution in [0.3, 0.4) is 0 Å². The highest BCUT2D eigenvalue weighted by molar-refractivity contribution is 5.58. The third-order valence-corrected chi connectivity index (χ3v) is 2.27. The molecule has 5 heteroatoms. The summed E-state index contributed by atoms with van der Waals surface area (Å²) in [6, 6.07) is 2.08. The molecule has 0 N–H and O–H groups in total. The Morgan fingerprint density at radius 3 is 3.00 bits per heavy atom. The Hall–Kier alpha value is -1.83. The average molecular weight is 234 g/mol. The molecule has 1 rings (SSSR count). The lowest BCUT2D eigenvalue weighted by atomic mass is 10.1. The van der Waals surface area contributed by atoms with Gasteiger partial charge in [0.1, 0.15) is 11.6 Å². The molecular formula is C12H18N4O. The van der Waals surface area contributed by atoms with E-state index in [0.717, 1.165) is 13.0 Å². The Kier molecular flexibility index (Phi) is 5.21. The summed E-state index contributed by atoms with van der Waals surface area (Å²) >= 11 is 0. The van der Waals surface area contributed by atoms with Gasteiger partial charge < -0.3 is 4.74 Å². The van der Waals surface area contributed by atoms with Gasteiger partial charge in [-0.05, 0) is 19.3 Å². The predicted molar refractivity (Wildman–Crippen MR) is 66.2 cm³/mol. The monoisotopic (exact) mass is 234 g/mol. The van der Waals surface area contributed by atoms with Gasteiger partial charge in [0, 0.05) is 6.54 Å². The third kappa shape index (κ3) is 3.91. The van der Waals surface area contributed by atoms with Gasteiger partial charge in [-0.2, -0.15) is 15.4 Å². The lowest BCUT2D eigenvalue weighted by molar-refractivity contribution is 0.343. The molecular weight excluding hydrogens is 216 g/mol. The van der Waals surface area contributed by atoms with Gasteiger partial charge in [0.15, 0.2) is 12.2 Å². The maximum Gasteiger partial charge on any atom is 0.176 e. The van der Waals surface area contributed by atoms with Crippen LogP contribution >= 0.6 is 0 Å². The van der Waals surface area contributed by atoms with Gasteiger partial charge >= 0.3 is 0 Å². The summed E-state index contributed by atoms with van der Waals surface area (Å²) in [4.78, 5) is 4.14. The molecule has 5 nitrogen and oxygen atoms in total. The molecule has 0 aliphatic heterocycles. The van der Waals surface area contributed by atoms with Crippen molar-refractivity contribution in [2.45, 2.75) is 33.7 Å². The molecule has 1 heterocycles. The smallest absolute Gasteiger partial charge is 0.176 e. The molecule has 0 saturated heterocycles. The number of aliphatic imine (C=N–C) groups is 1. The van der Waals surface area contributed by atoms with Crippen LogP contribution in [-0.4, -0.2) is 22.8 Å². The first kappa shape index (κ1) is 13.2. The van der Waals surface area contributed by atoms with Gasteiger partial charge in [0.05, 0.1) is 12.8 Å². The zero-order valence-corrected chi connectivity index (χ0v) is 10.6. The van der Waals surface area contributed by atoms with Crippen molar-refractivity contribution in [3.8, 4) is 6.07 Å². The molecule has 0 amide bonds. The van der Waals surface area contributed by atoms with E-state index in [1.165, 1.54) is 6.40 Å². The first-order valence-corrected chi connectivity index (χ1v) is 5.79. The summed E-state index contributed by atoms with van der Waals surface area (Å²) in [5, 5.41) is 13.1. The van der Waals surface area contributed by atoms with Crippen LogP contribution in [0.2, 0.25) is 0 Å². The van der Waals surface area contributed by atoms with Crippen molar-refractivity contribution >= 4 is 12.2 Å². The van der Waals surface area contributed by atoms with Crippen LogP contribution in [0.5, 0.6) is 0 Å². The van der Waals surface area contributed by atoms with Gasteiger partial charge in [-0.1, -0.05) is 13.8 Å². The maximum absolute atomic E-state index is 8.95.